The number of benzene rings is 2. The molecule has 0 spiro atoms. The van der Waals surface area contributed by atoms with Crippen molar-refractivity contribution in [1.82, 2.24) is 9.80 Å². The lowest BCUT2D eigenvalue weighted by Crippen LogP contribution is -2.29. The van der Waals surface area contributed by atoms with Crippen LogP contribution in [0.25, 0.3) is 0 Å². The fourth-order valence-electron chi connectivity index (χ4n) is 5.10. The summed E-state index contributed by atoms with van der Waals surface area (Å²) < 4.78 is 16.3. The lowest BCUT2D eigenvalue weighted by atomic mass is 9.89. The number of ether oxygens (including phenoxy) is 3. The molecule has 3 aliphatic rings. The Morgan fingerprint density at radius 3 is 2.57 bits per heavy atom. The van der Waals surface area contributed by atoms with E-state index in [1.165, 1.54) is 5.56 Å². The molecule has 0 aromatic heterocycles. The fraction of sp³-hybridized carbons (Fsp3) is 0.455. The third-order valence-corrected chi connectivity index (χ3v) is 6.71. The third kappa shape index (κ3) is 3.11. The van der Waals surface area contributed by atoms with E-state index in [9.17, 15) is 0 Å². The van der Waals surface area contributed by atoms with E-state index in [4.69, 9.17) is 25.8 Å². The van der Waals surface area contributed by atoms with Crippen molar-refractivity contribution in [3.05, 3.63) is 52.5 Å². The van der Waals surface area contributed by atoms with E-state index in [1.54, 1.807) is 7.11 Å². The Hall–Kier alpha value is -1.95. The summed E-state index contributed by atoms with van der Waals surface area (Å²) in [5.74, 6) is 3.77. The van der Waals surface area contributed by atoms with Gasteiger partial charge in [-0.3, -0.25) is 9.80 Å². The molecular weight excluding hydrogens is 376 g/mol. The van der Waals surface area contributed by atoms with E-state index in [-0.39, 0.29) is 6.79 Å². The van der Waals surface area contributed by atoms with Crippen molar-refractivity contribution in [3.8, 4) is 17.2 Å². The maximum Gasteiger partial charge on any atom is 0.231 e. The first kappa shape index (κ1) is 18.1. The number of methoxy groups -OCH3 is 1. The van der Waals surface area contributed by atoms with Crippen molar-refractivity contribution >= 4 is 11.6 Å². The third-order valence-electron chi connectivity index (χ3n) is 6.36. The molecule has 0 N–H and O–H groups in total. The lowest BCUT2D eigenvalue weighted by Gasteiger charge is -2.27. The topological polar surface area (TPSA) is 34.2 Å². The lowest BCUT2D eigenvalue weighted by molar-refractivity contribution is 0.174. The van der Waals surface area contributed by atoms with Gasteiger partial charge in [-0.2, -0.15) is 0 Å². The largest absolute Gasteiger partial charge is 0.497 e. The quantitative estimate of drug-likeness (QED) is 0.779. The van der Waals surface area contributed by atoms with E-state index in [1.807, 2.05) is 12.1 Å². The average Bonchev–Trinajstić information content (AvgIpc) is 3.36. The SMILES string of the molecule is COc1ccc([C@@H]2[C@@H]3CN(Cc4cc5c(cc4Cl)OCO5)C[C@@H]3CN2C)cc1. The highest BCUT2D eigenvalue weighted by atomic mass is 35.5. The smallest absolute Gasteiger partial charge is 0.231 e. The van der Waals surface area contributed by atoms with Crippen molar-refractivity contribution in [1.29, 1.82) is 0 Å². The van der Waals surface area contributed by atoms with Gasteiger partial charge in [0.05, 0.1) is 7.11 Å². The number of nitrogens with zero attached hydrogens (tertiary/aromatic N) is 2. The van der Waals surface area contributed by atoms with Crippen molar-refractivity contribution in [2.45, 2.75) is 12.6 Å². The van der Waals surface area contributed by atoms with Gasteiger partial charge in [-0.15, -0.1) is 0 Å². The summed E-state index contributed by atoms with van der Waals surface area (Å²) in [4.78, 5) is 5.03. The Kier molecular flexibility index (Phi) is 4.62. The molecule has 28 heavy (non-hydrogen) atoms. The van der Waals surface area contributed by atoms with Crippen LogP contribution in [0.4, 0.5) is 0 Å². The summed E-state index contributed by atoms with van der Waals surface area (Å²) in [6.07, 6.45) is 0. The molecule has 2 aromatic carbocycles. The normalized spacial score (nSPS) is 26.6. The summed E-state index contributed by atoms with van der Waals surface area (Å²) in [5, 5.41) is 0.755. The molecule has 148 valence electrons. The van der Waals surface area contributed by atoms with Crippen LogP contribution in [0.3, 0.4) is 0 Å². The van der Waals surface area contributed by atoms with Crippen molar-refractivity contribution < 1.29 is 14.2 Å². The Morgan fingerprint density at radius 1 is 1.07 bits per heavy atom. The van der Waals surface area contributed by atoms with Gasteiger partial charge in [0.1, 0.15) is 5.75 Å². The Morgan fingerprint density at radius 2 is 1.82 bits per heavy atom. The maximum atomic E-state index is 6.50. The van der Waals surface area contributed by atoms with Crippen LogP contribution in [-0.4, -0.2) is 50.4 Å². The Bertz CT molecular complexity index is 873. The monoisotopic (exact) mass is 400 g/mol. The van der Waals surface area contributed by atoms with E-state index >= 15 is 0 Å². The van der Waals surface area contributed by atoms with Gasteiger partial charge in [0.25, 0.3) is 0 Å². The minimum Gasteiger partial charge on any atom is -0.497 e. The first-order valence-corrected chi connectivity index (χ1v) is 10.1. The van der Waals surface area contributed by atoms with E-state index in [2.05, 4.69) is 41.1 Å². The minimum absolute atomic E-state index is 0.277. The molecule has 0 aliphatic carbocycles. The predicted octanol–water partition coefficient (Wildman–Crippen LogP) is 3.81. The predicted molar refractivity (Wildman–Crippen MR) is 108 cm³/mol. The first-order valence-electron chi connectivity index (χ1n) is 9.77. The summed E-state index contributed by atoms with van der Waals surface area (Å²) in [5.41, 5.74) is 2.49. The standard InChI is InChI=1S/C22H25ClN2O3/c1-24-9-16-11-25(10-15-7-20-21(8-19(15)23)28-13-27-20)12-18(16)22(24)14-3-5-17(26-2)6-4-14/h3-8,16,18,22H,9-13H2,1-2H3/t16-,18+,22+/m0/s1. The molecule has 0 radical (unpaired) electrons. The van der Waals surface area contributed by atoms with Gasteiger partial charge in [0.2, 0.25) is 6.79 Å². The van der Waals surface area contributed by atoms with Crippen molar-refractivity contribution in [2.75, 3.05) is 40.6 Å². The number of rotatable bonds is 4. The Balaban J connectivity index is 1.32. The second kappa shape index (κ2) is 7.14. The van der Waals surface area contributed by atoms with E-state index in [0.717, 1.165) is 54.0 Å². The summed E-state index contributed by atoms with van der Waals surface area (Å²) in [6, 6.07) is 12.9. The molecule has 3 aliphatic heterocycles. The number of fused-ring (bicyclic) bond motifs is 2. The molecule has 5 rings (SSSR count). The van der Waals surface area contributed by atoms with Crippen LogP contribution in [0.1, 0.15) is 17.2 Å². The van der Waals surface area contributed by atoms with Crippen LogP contribution >= 0.6 is 11.6 Å². The molecule has 0 amide bonds. The van der Waals surface area contributed by atoms with Gasteiger partial charge >= 0.3 is 0 Å². The first-order chi connectivity index (χ1) is 13.6. The molecular formula is C22H25ClN2O3. The van der Waals surface area contributed by atoms with E-state index in [0.29, 0.717) is 17.9 Å². The molecule has 0 unspecified atom stereocenters. The molecule has 2 saturated heterocycles. The van der Waals surface area contributed by atoms with E-state index < -0.39 is 0 Å². The van der Waals surface area contributed by atoms with Crippen LogP contribution in [0, 0.1) is 11.8 Å². The van der Waals surface area contributed by atoms with Gasteiger partial charge in [-0.1, -0.05) is 23.7 Å². The molecule has 5 nitrogen and oxygen atoms in total. The van der Waals surface area contributed by atoms with Gasteiger partial charge in [-0.25, -0.2) is 0 Å². The Labute approximate surface area is 170 Å². The number of halogens is 1. The average molecular weight is 401 g/mol. The molecule has 3 atom stereocenters. The molecule has 0 bridgehead atoms. The maximum absolute atomic E-state index is 6.50. The van der Waals surface area contributed by atoms with Crippen molar-refractivity contribution in [3.63, 3.8) is 0 Å². The molecule has 2 fully saturated rings. The van der Waals surface area contributed by atoms with Crippen LogP contribution in [-0.2, 0) is 6.54 Å². The molecule has 3 heterocycles. The zero-order chi connectivity index (χ0) is 19.3. The van der Waals surface area contributed by atoms with Crippen molar-refractivity contribution in [2.24, 2.45) is 11.8 Å². The second-order valence-corrected chi connectivity index (χ2v) is 8.48. The highest BCUT2D eigenvalue weighted by molar-refractivity contribution is 6.31. The summed E-state index contributed by atoms with van der Waals surface area (Å²) in [7, 11) is 3.95. The molecule has 0 saturated carbocycles. The van der Waals surface area contributed by atoms with Gasteiger partial charge in [-0.05, 0) is 48.2 Å². The summed E-state index contributed by atoms with van der Waals surface area (Å²) >= 11 is 6.50. The van der Waals surface area contributed by atoms with Crippen LogP contribution in [0.5, 0.6) is 17.2 Å². The minimum atomic E-state index is 0.277. The highest BCUT2D eigenvalue weighted by Crippen LogP contribution is 2.45. The van der Waals surface area contributed by atoms with Gasteiger partial charge in [0, 0.05) is 43.3 Å². The number of hydrogen-bond donors (Lipinski definition) is 0. The second-order valence-electron chi connectivity index (χ2n) is 8.07. The number of hydrogen-bond acceptors (Lipinski definition) is 5. The zero-order valence-corrected chi connectivity index (χ0v) is 17.0. The number of likely N-dealkylation sites (tertiary alicyclic amines) is 2. The van der Waals surface area contributed by atoms with Gasteiger partial charge in [0.15, 0.2) is 11.5 Å². The van der Waals surface area contributed by atoms with Crippen LogP contribution < -0.4 is 14.2 Å². The molecule has 6 heteroatoms. The van der Waals surface area contributed by atoms with Gasteiger partial charge < -0.3 is 14.2 Å². The molecule has 2 aromatic rings. The van der Waals surface area contributed by atoms with Crippen LogP contribution in [0.15, 0.2) is 36.4 Å². The van der Waals surface area contributed by atoms with Crippen LogP contribution in [0.2, 0.25) is 5.02 Å². The fourth-order valence-corrected chi connectivity index (χ4v) is 5.32. The highest BCUT2D eigenvalue weighted by Gasteiger charge is 2.46. The zero-order valence-electron chi connectivity index (χ0n) is 16.2. The summed E-state index contributed by atoms with van der Waals surface area (Å²) in [6.45, 7) is 4.44.